The third kappa shape index (κ3) is 4.42. The number of aromatic nitrogens is 2. The lowest BCUT2D eigenvalue weighted by molar-refractivity contribution is -0.121. The first-order valence-corrected chi connectivity index (χ1v) is 9.00. The molecule has 0 unspecified atom stereocenters. The number of fused-ring (bicyclic) bond motifs is 1. The Morgan fingerprint density at radius 1 is 1.19 bits per heavy atom. The van der Waals surface area contributed by atoms with E-state index in [0.29, 0.717) is 24.6 Å². The normalized spacial score (nSPS) is 11.0. The first-order chi connectivity index (χ1) is 12.7. The summed E-state index contributed by atoms with van der Waals surface area (Å²) in [7, 11) is 1.65. The number of imidazole rings is 1. The van der Waals surface area contributed by atoms with E-state index in [1.807, 2.05) is 53.1 Å². The van der Waals surface area contributed by atoms with E-state index in [1.165, 1.54) is 0 Å². The average molecular weight is 372 g/mol. The van der Waals surface area contributed by atoms with Crippen molar-refractivity contribution in [3.8, 4) is 0 Å². The largest absolute Gasteiger partial charge is 0.385 e. The molecule has 0 saturated heterocycles. The van der Waals surface area contributed by atoms with E-state index in [1.54, 1.807) is 7.11 Å². The highest BCUT2D eigenvalue weighted by Crippen LogP contribution is 2.22. The van der Waals surface area contributed by atoms with Gasteiger partial charge in [0.05, 0.1) is 11.0 Å². The lowest BCUT2D eigenvalue weighted by Crippen LogP contribution is -2.29. The number of hydrogen-bond acceptors (Lipinski definition) is 3. The fourth-order valence-corrected chi connectivity index (χ4v) is 3.10. The van der Waals surface area contributed by atoms with E-state index in [0.717, 1.165) is 28.8 Å². The van der Waals surface area contributed by atoms with Crippen LogP contribution >= 0.6 is 11.6 Å². The summed E-state index contributed by atoms with van der Waals surface area (Å²) < 4.78 is 6.97. The number of nitrogens with one attached hydrogen (secondary N) is 1. The fraction of sp³-hybridized carbons (Fsp3) is 0.300. The molecule has 0 aliphatic carbocycles. The lowest BCUT2D eigenvalue weighted by atomic mass is 10.1. The molecule has 0 bridgehead atoms. The van der Waals surface area contributed by atoms with Gasteiger partial charge in [0.25, 0.3) is 0 Å². The second-order valence-electron chi connectivity index (χ2n) is 6.07. The van der Waals surface area contributed by atoms with Gasteiger partial charge in [-0.1, -0.05) is 41.9 Å². The number of ether oxygens (including phenoxy) is 1. The van der Waals surface area contributed by atoms with Crippen molar-refractivity contribution in [2.75, 3.05) is 20.3 Å². The van der Waals surface area contributed by atoms with Crippen LogP contribution in [0.1, 0.15) is 17.8 Å². The molecule has 0 aliphatic rings. The number of amides is 1. The molecule has 1 N–H and O–H groups in total. The Balaban J connectivity index is 1.83. The minimum atomic E-state index is -0.0373. The zero-order chi connectivity index (χ0) is 18.4. The van der Waals surface area contributed by atoms with E-state index in [-0.39, 0.29) is 12.5 Å². The minimum absolute atomic E-state index is 0.0373. The van der Waals surface area contributed by atoms with Gasteiger partial charge in [0.1, 0.15) is 12.4 Å². The van der Waals surface area contributed by atoms with E-state index in [4.69, 9.17) is 21.3 Å². The van der Waals surface area contributed by atoms with Crippen LogP contribution < -0.4 is 5.32 Å². The second-order valence-corrected chi connectivity index (χ2v) is 6.47. The van der Waals surface area contributed by atoms with Gasteiger partial charge in [-0.3, -0.25) is 4.79 Å². The Labute approximate surface area is 157 Å². The smallest absolute Gasteiger partial charge is 0.240 e. The van der Waals surface area contributed by atoms with Crippen LogP contribution in [0.5, 0.6) is 0 Å². The van der Waals surface area contributed by atoms with Gasteiger partial charge in [-0.05, 0) is 30.2 Å². The summed E-state index contributed by atoms with van der Waals surface area (Å²) in [5, 5.41) is 3.63. The van der Waals surface area contributed by atoms with Gasteiger partial charge >= 0.3 is 0 Å². The van der Waals surface area contributed by atoms with Gasteiger partial charge < -0.3 is 14.6 Å². The summed E-state index contributed by atoms with van der Waals surface area (Å²) in [6, 6.07) is 15.6. The Morgan fingerprint density at radius 2 is 1.96 bits per heavy atom. The number of nitrogens with zero attached hydrogens (tertiary/aromatic N) is 2. The summed E-state index contributed by atoms with van der Waals surface area (Å²) in [6.07, 6.45) is 1.37. The molecule has 136 valence electrons. The molecule has 3 rings (SSSR count). The van der Waals surface area contributed by atoms with Crippen LogP contribution in [0.15, 0.2) is 48.5 Å². The molecule has 1 aromatic heterocycles. The van der Waals surface area contributed by atoms with Crippen molar-refractivity contribution in [2.24, 2.45) is 0 Å². The molecular weight excluding hydrogens is 350 g/mol. The molecule has 5 nitrogen and oxygen atoms in total. The highest BCUT2D eigenvalue weighted by atomic mass is 35.5. The van der Waals surface area contributed by atoms with E-state index < -0.39 is 0 Å². The van der Waals surface area contributed by atoms with Gasteiger partial charge in [0, 0.05) is 31.7 Å². The Bertz CT molecular complexity index is 892. The minimum Gasteiger partial charge on any atom is -0.385 e. The van der Waals surface area contributed by atoms with Crippen LogP contribution in [0, 0.1) is 0 Å². The Kier molecular flexibility index (Phi) is 6.26. The summed E-state index contributed by atoms with van der Waals surface area (Å²) in [5.41, 5.74) is 2.81. The molecule has 2 aromatic carbocycles. The SMILES string of the molecule is COCCCNC(=O)Cn1c(Cc2ccccc2Cl)nc2ccccc21. The molecule has 0 aliphatic heterocycles. The van der Waals surface area contributed by atoms with Gasteiger partial charge in [0.2, 0.25) is 5.91 Å². The van der Waals surface area contributed by atoms with E-state index >= 15 is 0 Å². The summed E-state index contributed by atoms with van der Waals surface area (Å²) >= 11 is 6.30. The van der Waals surface area contributed by atoms with Gasteiger partial charge in [0.15, 0.2) is 0 Å². The van der Waals surface area contributed by atoms with Crippen molar-refractivity contribution in [2.45, 2.75) is 19.4 Å². The third-order valence-electron chi connectivity index (χ3n) is 4.19. The average Bonchev–Trinajstić information content (AvgIpc) is 2.98. The standard InChI is InChI=1S/C20H22ClN3O2/c1-26-12-6-11-22-20(25)14-24-18-10-5-4-9-17(18)23-19(24)13-15-7-2-3-8-16(15)21/h2-5,7-10H,6,11-14H2,1H3,(H,22,25). The maximum atomic E-state index is 12.4. The van der Waals surface area contributed by atoms with Crippen LogP contribution in [-0.2, 0) is 22.5 Å². The maximum absolute atomic E-state index is 12.4. The highest BCUT2D eigenvalue weighted by Gasteiger charge is 2.14. The van der Waals surface area contributed by atoms with Crippen LogP contribution in [0.2, 0.25) is 5.02 Å². The molecule has 26 heavy (non-hydrogen) atoms. The van der Waals surface area contributed by atoms with Crippen molar-refractivity contribution >= 4 is 28.5 Å². The molecule has 0 saturated carbocycles. The van der Waals surface area contributed by atoms with Crippen molar-refractivity contribution in [3.63, 3.8) is 0 Å². The number of rotatable bonds is 8. The van der Waals surface area contributed by atoms with Crippen LogP contribution in [-0.4, -0.2) is 35.7 Å². The highest BCUT2D eigenvalue weighted by molar-refractivity contribution is 6.31. The van der Waals surface area contributed by atoms with Crippen molar-refractivity contribution in [1.29, 1.82) is 0 Å². The van der Waals surface area contributed by atoms with Gasteiger partial charge in [-0.2, -0.15) is 0 Å². The number of para-hydroxylation sites is 2. The van der Waals surface area contributed by atoms with Gasteiger partial charge in [-0.15, -0.1) is 0 Å². The lowest BCUT2D eigenvalue weighted by Gasteiger charge is -2.11. The van der Waals surface area contributed by atoms with Crippen molar-refractivity contribution < 1.29 is 9.53 Å². The second kappa shape index (κ2) is 8.83. The number of halogens is 1. The number of carbonyl (C=O) groups is 1. The number of hydrogen-bond donors (Lipinski definition) is 1. The monoisotopic (exact) mass is 371 g/mol. The molecule has 0 spiro atoms. The molecule has 3 aromatic rings. The molecule has 1 amide bonds. The summed E-state index contributed by atoms with van der Waals surface area (Å²) in [6.45, 7) is 1.46. The van der Waals surface area contributed by atoms with Crippen molar-refractivity contribution in [3.05, 3.63) is 64.9 Å². The number of methoxy groups -OCH3 is 1. The first-order valence-electron chi connectivity index (χ1n) is 8.62. The predicted octanol–water partition coefficient (Wildman–Crippen LogP) is 3.43. The quantitative estimate of drug-likeness (QED) is 0.617. The van der Waals surface area contributed by atoms with Crippen LogP contribution in [0.3, 0.4) is 0 Å². The summed E-state index contributed by atoms with van der Waals surface area (Å²) in [5.74, 6) is 0.788. The van der Waals surface area contributed by atoms with Gasteiger partial charge in [-0.25, -0.2) is 4.98 Å². The van der Waals surface area contributed by atoms with Crippen LogP contribution in [0.4, 0.5) is 0 Å². The first kappa shape index (κ1) is 18.4. The Morgan fingerprint density at radius 3 is 2.77 bits per heavy atom. The number of carbonyl (C=O) groups excluding carboxylic acids is 1. The molecule has 0 fully saturated rings. The predicted molar refractivity (Wildman–Crippen MR) is 103 cm³/mol. The van der Waals surface area contributed by atoms with E-state index in [9.17, 15) is 4.79 Å². The molecule has 6 heteroatoms. The maximum Gasteiger partial charge on any atom is 0.240 e. The molecule has 0 atom stereocenters. The molecular formula is C20H22ClN3O2. The zero-order valence-electron chi connectivity index (χ0n) is 14.7. The third-order valence-corrected chi connectivity index (χ3v) is 4.56. The molecule has 0 radical (unpaired) electrons. The summed E-state index contributed by atoms with van der Waals surface area (Å²) in [4.78, 5) is 17.1. The zero-order valence-corrected chi connectivity index (χ0v) is 15.5. The Hall–Kier alpha value is -2.37. The van der Waals surface area contributed by atoms with Crippen LogP contribution in [0.25, 0.3) is 11.0 Å². The topological polar surface area (TPSA) is 56.1 Å². The van der Waals surface area contributed by atoms with Crippen molar-refractivity contribution in [1.82, 2.24) is 14.9 Å². The number of benzene rings is 2. The fourth-order valence-electron chi connectivity index (χ4n) is 2.89. The molecule has 1 heterocycles. The van der Waals surface area contributed by atoms with E-state index in [2.05, 4.69) is 5.32 Å².